The van der Waals surface area contributed by atoms with E-state index in [4.69, 9.17) is 9.47 Å². The van der Waals surface area contributed by atoms with Gasteiger partial charge in [-0.15, -0.1) is 0 Å². The number of benzene rings is 2. The number of hydrogen-bond donors (Lipinski definition) is 2. The van der Waals surface area contributed by atoms with Crippen molar-refractivity contribution in [3.8, 4) is 11.5 Å². The maximum Gasteiger partial charge on any atom is 0.256 e. The van der Waals surface area contributed by atoms with E-state index in [1.807, 2.05) is 0 Å². The number of aromatic amines is 1. The van der Waals surface area contributed by atoms with E-state index < -0.39 is 5.91 Å². The molecule has 2 aromatic carbocycles. The molecule has 0 radical (unpaired) electrons. The van der Waals surface area contributed by atoms with Gasteiger partial charge in [-0.2, -0.15) is 0 Å². The molecule has 0 saturated carbocycles. The predicted octanol–water partition coefficient (Wildman–Crippen LogP) is 2.71. The molecule has 2 N–H and O–H groups in total. The van der Waals surface area contributed by atoms with Gasteiger partial charge < -0.3 is 19.8 Å². The molecular weight excluding hydrogens is 336 g/mol. The number of ketones is 1. The van der Waals surface area contributed by atoms with Gasteiger partial charge in [0.1, 0.15) is 0 Å². The van der Waals surface area contributed by atoms with Gasteiger partial charge in [0.15, 0.2) is 17.3 Å². The summed E-state index contributed by atoms with van der Waals surface area (Å²) in [6.45, 7) is 1.46. The van der Waals surface area contributed by atoms with Gasteiger partial charge in [-0.1, -0.05) is 18.2 Å². The fourth-order valence-corrected chi connectivity index (χ4v) is 2.92. The minimum atomic E-state index is -0.492. The number of aromatic nitrogens is 1. The number of rotatable bonds is 3. The molecule has 4 rings (SSSR count). The fourth-order valence-electron chi connectivity index (χ4n) is 2.92. The average Bonchev–Trinajstić information content (AvgIpc) is 3.07. The lowest BCUT2D eigenvalue weighted by Crippen LogP contribution is -2.18. The number of carbonyl (C=O) groups excluding carboxylic acids is 2. The molecule has 1 aromatic heterocycles. The fraction of sp³-hybridized carbons (Fsp3) is 0.105. The Hall–Kier alpha value is -3.61. The molecule has 0 saturated heterocycles. The van der Waals surface area contributed by atoms with Crippen LogP contribution in [0.25, 0.3) is 10.9 Å². The zero-order valence-corrected chi connectivity index (χ0v) is 13.8. The lowest BCUT2D eigenvalue weighted by molar-refractivity contribution is 0.101. The highest BCUT2D eigenvalue weighted by atomic mass is 16.7. The first-order valence-corrected chi connectivity index (χ1v) is 7.91. The molecule has 1 aliphatic heterocycles. The van der Waals surface area contributed by atoms with E-state index in [2.05, 4.69) is 10.3 Å². The second kappa shape index (κ2) is 6.03. The first-order chi connectivity index (χ1) is 12.5. The number of Topliss-reactive ketones (excluding diaryl/α,β-unsaturated/α-hetero) is 1. The minimum Gasteiger partial charge on any atom is -0.454 e. The summed E-state index contributed by atoms with van der Waals surface area (Å²) in [5.41, 5.74) is 0.998. The van der Waals surface area contributed by atoms with Crippen LogP contribution in [-0.4, -0.2) is 23.5 Å². The highest BCUT2D eigenvalue weighted by Gasteiger charge is 2.21. The highest BCUT2D eigenvalue weighted by Crippen LogP contribution is 2.37. The van der Waals surface area contributed by atoms with Crippen molar-refractivity contribution in [2.45, 2.75) is 6.92 Å². The summed E-state index contributed by atoms with van der Waals surface area (Å²) in [6.07, 6.45) is 0. The van der Waals surface area contributed by atoms with Crippen molar-refractivity contribution in [3.63, 3.8) is 0 Å². The van der Waals surface area contributed by atoms with Gasteiger partial charge in [-0.05, 0) is 19.1 Å². The van der Waals surface area contributed by atoms with Crippen molar-refractivity contribution in [1.82, 2.24) is 4.98 Å². The Balaban J connectivity index is 1.78. The van der Waals surface area contributed by atoms with Crippen LogP contribution >= 0.6 is 0 Å². The highest BCUT2D eigenvalue weighted by molar-refractivity contribution is 6.14. The number of ether oxygens (including phenoxy) is 2. The number of amides is 1. The second-order valence-electron chi connectivity index (χ2n) is 5.85. The van der Waals surface area contributed by atoms with Crippen LogP contribution in [0.2, 0.25) is 0 Å². The Bertz CT molecular complexity index is 1120. The van der Waals surface area contributed by atoms with Crippen LogP contribution in [0.5, 0.6) is 11.5 Å². The van der Waals surface area contributed by atoms with E-state index in [0.717, 1.165) is 0 Å². The van der Waals surface area contributed by atoms with E-state index in [1.54, 1.807) is 30.3 Å². The number of nitrogens with one attached hydrogen (secondary N) is 2. The van der Waals surface area contributed by atoms with Crippen molar-refractivity contribution >= 4 is 28.3 Å². The van der Waals surface area contributed by atoms with Gasteiger partial charge in [-0.25, -0.2) is 0 Å². The van der Waals surface area contributed by atoms with Crippen molar-refractivity contribution < 1.29 is 19.1 Å². The molecule has 26 heavy (non-hydrogen) atoms. The standard InChI is InChI=1S/C19H14N2O5/c1-10(22)12-6-16-17(26-9-25-16)8-15(12)21-19(24)13-7-18(23)20-14-5-3-2-4-11(13)14/h2-8H,9H2,1H3,(H,20,23)(H,21,24). The topological polar surface area (TPSA) is 97.5 Å². The van der Waals surface area contributed by atoms with Gasteiger partial charge in [0.2, 0.25) is 12.4 Å². The predicted molar refractivity (Wildman–Crippen MR) is 95.1 cm³/mol. The van der Waals surface area contributed by atoms with Crippen LogP contribution in [0.4, 0.5) is 5.69 Å². The molecule has 7 heteroatoms. The van der Waals surface area contributed by atoms with Gasteiger partial charge >= 0.3 is 0 Å². The van der Waals surface area contributed by atoms with Crippen LogP contribution < -0.4 is 20.3 Å². The maximum atomic E-state index is 12.8. The number of hydrogen-bond acceptors (Lipinski definition) is 5. The third kappa shape index (κ3) is 2.69. The molecule has 130 valence electrons. The lowest BCUT2D eigenvalue weighted by atomic mass is 10.1. The molecule has 0 aliphatic carbocycles. The van der Waals surface area contributed by atoms with E-state index in [1.165, 1.54) is 19.1 Å². The Kier molecular flexibility index (Phi) is 3.69. The maximum absolute atomic E-state index is 12.8. The molecular formula is C19H14N2O5. The van der Waals surface area contributed by atoms with Crippen LogP contribution in [0, 0.1) is 0 Å². The molecule has 7 nitrogen and oxygen atoms in total. The van der Waals surface area contributed by atoms with E-state index in [9.17, 15) is 14.4 Å². The summed E-state index contributed by atoms with van der Waals surface area (Å²) in [5, 5.41) is 3.32. The summed E-state index contributed by atoms with van der Waals surface area (Å²) in [7, 11) is 0. The van der Waals surface area contributed by atoms with Crippen molar-refractivity contribution in [2.75, 3.05) is 12.1 Å². The van der Waals surface area contributed by atoms with Gasteiger partial charge in [0, 0.05) is 28.6 Å². The molecule has 1 aliphatic rings. The van der Waals surface area contributed by atoms with Crippen LogP contribution in [-0.2, 0) is 0 Å². The summed E-state index contributed by atoms with van der Waals surface area (Å²) in [6, 6.07) is 11.3. The quantitative estimate of drug-likeness (QED) is 0.708. The Morgan fingerprint density at radius 3 is 2.54 bits per heavy atom. The summed E-state index contributed by atoms with van der Waals surface area (Å²) >= 11 is 0. The van der Waals surface area contributed by atoms with E-state index in [-0.39, 0.29) is 23.7 Å². The summed E-state index contributed by atoms with van der Waals surface area (Å²) in [5.74, 6) is 0.180. The van der Waals surface area contributed by atoms with Crippen LogP contribution in [0.15, 0.2) is 47.3 Å². The second-order valence-corrected chi connectivity index (χ2v) is 5.85. The zero-order valence-electron chi connectivity index (χ0n) is 13.8. The monoisotopic (exact) mass is 350 g/mol. The average molecular weight is 350 g/mol. The molecule has 2 heterocycles. The van der Waals surface area contributed by atoms with Crippen molar-refractivity contribution in [3.05, 3.63) is 63.9 Å². The summed E-state index contributed by atoms with van der Waals surface area (Å²) in [4.78, 5) is 39.3. The molecule has 0 atom stereocenters. The smallest absolute Gasteiger partial charge is 0.256 e. The number of carbonyl (C=O) groups is 2. The number of pyridine rings is 1. The molecule has 0 spiro atoms. The molecule has 1 amide bonds. The SMILES string of the molecule is CC(=O)c1cc2c(cc1NC(=O)c1cc(=O)[nH]c3ccccc13)OCO2. The van der Waals surface area contributed by atoms with Gasteiger partial charge in [-0.3, -0.25) is 14.4 Å². The minimum absolute atomic E-state index is 0.0583. The lowest BCUT2D eigenvalue weighted by Gasteiger charge is -2.12. The van der Waals surface area contributed by atoms with Gasteiger partial charge in [0.05, 0.1) is 11.3 Å². The zero-order chi connectivity index (χ0) is 18.3. The molecule has 3 aromatic rings. The molecule has 0 fully saturated rings. The molecule has 0 unspecified atom stereocenters. The van der Waals surface area contributed by atoms with E-state index >= 15 is 0 Å². The third-order valence-corrected chi connectivity index (χ3v) is 4.14. The first kappa shape index (κ1) is 15.9. The number of H-pyrrole nitrogens is 1. The van der Waals surface area contributed by atoms with Crippen molar-refractivity contribution in [1.29, 1.82) is 0 Å². The van der Waals surface area contributed by atoms with Gasteiger partial charge in [0.25, 0.3) is 5.91 Å². The van der Waals surface area contributed by atoms with Crippen LogP contribution in [0.1, 0.15) is 27.6 Å². The Morgan fingerprint density at radius 2 is 1.77 bits per heavy atom. The van der Waals surface area contributed by atoms with Crippen molar-refractivity contribution in [2.24, 2.45) is 0 Å². The number of fused-ring (bicyclic) bond motifs is 2. The third-order valence-electron chi connectivity index (χ3n) is 4.14. The molecule has 0 bridgehead atoms. The number of anilines is 1. The van der Waals surface area contributed by atoms with Crippen LogP contribution in [0.3, 0.4) is 0 Å². The first-order valence-electron chi connectivity index (χ1n) is 7.91. The largest absolute Gasteiger partial charge is 0.454 e. The number of para-hydroxylation sites is 1. The normalized spacial score (nSPS) is 12.2. The summed E-state index contributed by atoms with van der Waals surface area (Å²) < 4.78 is 10.6. The van der Waals surface area contributed by atoms with E-state index in [0.29, 0.717) is 33.7 Å². The Morgan fingerprint density at radius 1 is 1.04 bits per heavy atom. The Labute approximate surface area is 147 Å².